The summed E-state index contributed by atoms with van der Waals surface area (Å²) in [7, 11) is 0. The molecule has 21 heavy (non-hydrogen) atoms. The van der Waals surface area contributed by atoms with Gasteiger partial charge in [-0.25, -0.2) is 14.3 Å². The standard InChI is InChI=1S/C14H17N3O4/c1-8-5-9(2)12(16(21)7-8)17-13(19)11-6-10(18)3-4-15(11)14(17)20/h5,7,10-11,18H,3-4,6H2,1-2H3. The van der Waals surface area contributed by atoms with Crippen LogP contribution in [0.2, 0.25) is 0 Å². The molecule has 2 saturated heterocycles. The Bertz CT molecular complexity index is 608. The molecule has 3 heterocycles. The Morgan fingerprint density at radius 1 is 1.38 bits per heavy atom. The van der Waals surface area contributed by atoms with Gasteiger partial charge in [0.15, 0.2) is 0 Å². The van der Waals surface area contributed by atoms with E-state index in [-0.39, 0.29) is 12.2 Å². The van der Waals surface area contributed by atoms with Gasteiger partial charge in [-0.15, -0.1) is 4.90 Å². The van der Waals surface area contributed by atoms with E-state index in [1.165, 1.54) is 11.1 Å². The first kappa shape index (κ1) is 13.8. The maximum Gasteiger partial charge on any atom is 0.419 e. The number of aryl methyl sites for hydroxylation is 2. The van der Waals surface area contributed by atoms with Gasteiger partial charge in [0.05, 0.1) is 12.3 Å². The lowest BCUT2D eigenvalue weighted by Crippen LogP contribution is -2.44. The summed E-state index contributed by atoms with van der Waals surface area (Å²) < 4.78 is 0.565. The number of pyridine rings is 1. The normalized spacial score (nSPS) is 25.5. The molecule has 0 saturated carbocycles. The first-order valence-electron chi connectivity index (χ1n) is 6.93. The summed E-state index contributed by atoms with van der Waals surface area (Å²) in [5.74, 6) is -0.380. The molecule has 0 spiro atoms. The summed E-state index contributed by atoms with van der Waals surface area (Å²) in [5.41, 5.74) is 1.34. The fourth-order valence-electron chi connectivity index (χ4n) is 3.11. The van der Waals surface area contributed by atoms with Crippen molar-refractivity contribution in [1.82, 2.24) is 4.90 Å². The number of anilines is 1. The molecule has 1 N–H and O–H groups in total. The maximum absolute atomic E-state index is 12.5. The molecule has 0 aliphatic carbocycles. The molecular weight excluding hydrogens is 274 g/mol. The molecule has 0 radical (unpaired) electrons. The molecule has 7 heteroatoms. The summed E-state index contributed by atoms with van der Waals surface area (Å²) in [4.78, 5) is 27.3. The van der Waals surface area contributed by atoms with Crippen LogP contribution in [0.5, 0.6) is 0 Å². The van der Waals surface area contributed by atoms with Crippen molar-refractivity contribution in [2.24, 2.45) is 0 Å². The number of aromatic nitrogens is 1. The van der Waals surface area contributed by atoms with Crippen LogP contribution in [0.3, 0.4) is 0 Å². The molecule has 3 rings (SSSR count). The van der Waals surface area contributed by atoms with Gasteiger partial charge >= 0.3 is 11.9 Å². The van der Waals surface area contributed by atoms with Gasteiger partial charge in [-0.2, -0.15) is 0 Å². The van der Waals surface area contributed by atoms with Crippen molar-refractivity contribution >= 4 is 17.8 Å². The van der Waals surface area contributed by atoms with Crippen molar-refractivity contribution < 1.29 is 19.4 Å². The zero-order valence-electron chi connectivity index (χ0n) is 11.9. The summed E-state index contributed by atoms with van der Waals surface area (Å²) in [6, 6.07) is 0.617. The molecule has 112 valence electrons. The third kappa shape index (κ3) is 2.04. The number of nitrogens with zero attached hydrogens (tertiary/aromatic N) is 3. The number of amides is 3. The van der Waals surface area contributed by atoms with E-state index in [9.17, 15) is 19.9 Å². The van der Waals surface area contributed by atoms with E-state index in [1.807, 2.05) is 0 Å². The first-order chi connectivity index (χ1) is 9.90. The molecule has 0 aromatic carbocycles. The van der Waals surface area contributed by atoms with Gasteiger partial charge in [-0.3, -0.25) is 4.90 Å². The number of carbonyl (C=O) groups excluding carboxylic acids is 2. The second-order valence-corrected chi connectivity index (χ2v) is 5.69. The van der Waals surface area contributed by atoms with Crippen LogP contribution < -0.4 is 9.63 Å². The van der Waals surface area contributed by atoms with Gasteiger partial charge in [-0.1, -0.05) is 0 Å². The van der Waals surface area contributed by atoms with Crippen LogP contribution in [0.25, 0.3) is 0 Å². The van der Waals surface area contributed by atoms with Crippen LogP contribution in [0.4, 0.5) is 10.6 Å². The van der Waals surface area contributed by atoms with Crippen LogP contribution >= 0.6 is 0 Å². The van der Waals surface area contributed by atoms with Crippen LogP contribution in [0, 0.1) is 19.1 Å². The SMILES string of the molecule is Cc1cc(C)c(N2C(=O)C3CC(O)CCN3C2=O)[n+]([O-])c1. The van der Waals surface area contributed by atoms with Crippen molar-refractivity contribution in [2.45, 2.75) is 38.8 Å². The molecule has 0 bridgehead atoms. The fraction of sp³-hybridized carbons (Fsp3) is 0.500. The van der Waals surface area contributed by atoms with Gasteiger partial charge in [0.25, 0.3) is 5.82 Å². The van der Waals surface area contributed by atoms with Crippen molar-refractivity contribution in [1.29, 1.82) is 0 Å². The number of hydrogen-bond donors (Lipinski definition) is 1. The molecule has 7 nitrogen and oxygen atoms in total. The number of aliphatic hydroxyl groups excluding tert-OH is 1. The third-order valence-corrected chi connectivity index (χ3v) is 4.06. The maximum atomic E-state index is 12.5. The van der Waals surface area contributed by atoms with Gasteiger partial charge in [-0.05, 0) is 31.9 Å². The average molecular weight is 291 g/mol. The molecule has 2 fully saturated rings. The van der Waals surface area contributed by atoms with Crippen molar-refractivity contribution in [3.8, 4) is 0 Å². The van der Waals surface area contributed by atoms with Crippen LogP contribution in [0.1, 0.15) is 24.0 Å². The van der Waals surface area contributed by atoms with Gasteiger partial charge in [0.2, 0.25) is 0 Å². The first-order valence-corrected chi connectivity index (χ1v) is 6.93. The lowest BCUT2D eigenvalue weighted by atomic mass is 10.0. The Kier molecular flexibility index (Phi) is 3.09. The second kappa shape index (κ2) is 4.70. The number of urea groups is 1. The number of piperidine rings is 1. The van der Waals surface area contributed by atoms with E-state index in [1.54, 1.807) is 19.9 Å². The van der Waals surface area contributed by atoms with E-state index in [2.05, 4.69) is 0 Å². The predicted molar refractivity (Wildman–Crippen MR) is 73.5 cm³/mol. The Hall–Kier alpha value is -2.15. The van der Waals surface area contributed by atoms with Gasteiger partial charge in [0.1, 0.15) is 6.04 Å². The minimum Gasteiger partial charge on any atom is -0.711 e. The topological polar surface area (TPSA) is 87.8 Å². The Morgan fingerprint density at radius 3 is 2.76 bits per heavy atom. The fourth-order valence-corrected chi connectivity index (χ4v) is 3.11. The molecule has 2 unspecified atom stereocenters. The van der Waals surface area contributed by atoms with Crippen LogP contribution in [-0.2, 0) is 4.79 Å². The van der Waals surface area contributed by atoms with Crippen molar-refractivity contribution in [3.05, 3.63) is 28.6 Å². The lowest BCUT2D eigenvalue weighted by molar-refractivity contribution is -0.592. The van der Waals surface area contributed by atoms with Crippen LogP contribution in [0.15, 0.2) is 12.3 Å². The van der Waals surface area contributed by atoms with E-state index < -0.39 is 24.1 Å². The zero-order valence-corrected chi connectivity index (χ0v) is 11.9. The third-order valence-electron chi connectivity index (χ3n) is 4.06. The van der Waals surface area contributed by atoms with Gasteiger partial charge < -0.3 is 10.3 Å². The summed E-state index contributed by atoms with van der Waals surface area (Å²) in [6.07, 6.45) is 1.44. The predicted octanol–water partition coefficient (Wildman–Crippen LogP) is 0.229. The highest BCUT2D eigenvalue weighted by Gasteiger charge is 2.55. The Labute approximate surface area is 122 Å². The summed E-state index contributed by atoms with van der Waals surface area (Å²) >= 11 is 0. The quantitative estimate of drug-likeness (QED) is 0.456. The van der Waals surface area contributed by atoms with E-state index in [0.29, 0.717) is 23.3 Å². The minimum atomic E-state index is -0.665. The summed E-state index contributed by atoms with van der Waals surface area (Å²) in [6.45, 7) is 3.80. The highest BCUT2D eigenvalue weighted by Crippen LogP contribution is 2.30. The van der Waals surface area contributed by atoms with Gasteiger partial charge in [0, 0.05) is 18.5 Å². The molecule has 1 aromatic rings. The zero-order chi connectivity index (χ0) is 15.3. The minimum absolute atomic E-state index is 0.0551. The highest BCUT2D eigenvalue weighted by atomic mass is 16.5. The van der Waals surface area contributed by atoms with Crippen molar-refractivity contribution in [3.63, 3.8) is 0 Å². The Balaban J connectivity index is 2.04. The number of carbonyl (C=O) groups is 2. The molecule has 2 aliphatic rings. The second-order valence-electron chi connectivity index (χ2n) is 5.69. The molecule has 2 aliphatic heterocycles. The molecule has 3 amide bonds. The number of aliphatic hydroxyl groups is 1. The molecular formula is C14H17N3O4. The number of rotatable bonds is 1. The monoisotopic (exact) mass is 291 g/mol. The number of fused-ring (bicyclic) bond motifs is 1. The smallest absolute Gasteiger partial charge is 0.419 e. The molecule has 1 aromatic heterocycles. The van der Waals surface area contributed by atoms with E-state index >= 15 is 0 Å². The van der Waals surface area contributed by atoms with E-state index in [0.717, 1.165) is 10.5 Å². The summed E-state index contributed by atoms with van der Waals surface area (Å²) in [5, 5.41) is 21.8. The van der Waals surface area contributed by atoms with Crippen LogP contribution in [-0.4, -0.2) is 40.6 Å². The average Bonchev–Trinajstić information content (AvgIpc) is 2.62. The highest BCUT2D eigenvalue weighted by molar-refractivity contribution is 6.20. The molecule has 2 atom stereocenters. The Morgan fingerprint density at radius 2 is 2.10 bits per heavy atom. The largest absolute Gasteiger partial charge is 0.711 e. The number of hydrogen-bond acceptors (Lipinski definition) is 4. The lowest BCUT2D eigenvalue weighted by Gasteiger charge is -2.27. The van der Waals surface area contributed by atoms with E-state index in [4.69, 9.17) is 0 Å². The van der Waals surface area contributed by atoms with Crippen molar-refractivity contribution in [2.75, 3.05) is 11.4 Å². The number of imide groups is 1.